The van der Waals surface area contributed by atoms with Gasteiger partial charge in [0.15, 0.2) is 0 Å². The van der Waals surface area contributed by atoms with Gasteiger partial charge in [-0.2, -0.15) is 0 Å². The third kappa shape index (κ3) is 3.92. The largest absolute Gasteiger partial charge is 0.344 e. The summed E-state index contributed by atoms with van der Waals surface area (Å²) < 4.78 is 47.7. The molecular formula is C18H20BrF3N2S. The maximum atomic E-state index is 14.1. The lowest BCUT2D eigenvalue weighted by atomic mass is 9.93. The van der Waals surface area contributed by atoms with Crippen molar-refractivity contribution in [2.75, 3.05) is 0 Å². The monoisotopic (exact) mass is 432 g/mol. The van der Waals surface area contributed by atoms with Gasteiger partial charge in [-0.25, -0.2) is 17.6 Å². The Bertz CT molecular complexity index is 820. The number of benzene rings is 1. The molecule has 1 aromatic heterocycles. The molecule has 3 rings (SSSR count). The summed E-state index contributed by atoms with van der Waals surface area (Å²) >= 11 is 4.31. The number of hydrogen-bond donors (Lipinski definition) is 0. The molecule has 25 heavy (non-hydrogen) atoms. The molecule has 0 spiro atoms. The lowest BCUT2D eigenvalue weighted by molar-refractivity contribution is 0.226. The number of alkyl halides is 2. The van der Waals surface area contributed by atoms with Crippen molar-refractivity contribution in [2.45, 2.75) is 57.2 Å². The van der Waals surface area contributed by atoms with Crippen molar-refractivity contribution in [3.05, 3.63) is 34.2 Å². The smallest absolute Gasteiger partial charge is 0.281 e. The molecule has 0 N–H and O–H groups in total. The van der Waals surface area contributed by atoms with Crippen molar-refractivity contribution in [1.82, 2.24) is 4.57 Å². The van der Waals surface area contributed by atoms with Crippen LogP contribution in [-0.4, -0.2) is 21.5 Å². The summed E-state index contributed by atoms with van der Waals surface area (Å²) in [6.45, 7) is 5.75. The first-order valence-electron chi connectivity index (χ1n) is 8.21. The van der Waals surface area contributed by atoms with Gasteiger partial charge in [-0.3, -0.25) is 0 Å². The molecule has 1 aromatic carbocycles. The molecule has 0 saturated heterocycles. The van der Waals surface area contributed by atoms with Gasteiger partial charge in [0.2, 0.25) is 0 Å². The van der Waals surface area contributed by atoms with Crippen LogP contribution in [0, 0.1) is 5.82 Å². The number of rotatable bonds is 4. The van der Waals surface area contributed by atoms with Crippen molar-refractivity contribution in [3.8, 4) is 0 Å². The van der Waals surface area contributed by atoms with Gasteiger partial charge in [0.1, 0.15) is 11.5 Å². The molecule has 7 heteroatoms. The molecule has 1 heterocycles. The lowest BCUT2D eigenvalue weighted by Gasteiger charge is -2.28. The van der Waals surface area contributed by atoms with E-state index in [1.807, 2.05) is 25.3 Å². The van der Waals surface area contributed by atoms with Crippen LogP contribution >= 0.6 is 27.9 Å². The summed E-state index contributed by atoms with van der Waals surface area (Å²) in [5.41, 5.74) is 0.798. The average Bonchev–Trinajstić information content (AvgIpc) is 2.75. The number of aromatic nitrogens is 1. The van der Waals surface area contributed by atoms with E-state index in [-0.39, 0.29) is 16.5 Å². The zero-order valence-corrected chi connectivity index (χ0v) is 16.7. The van der Waals surface area contributed by atoms with Crippen LogP contribution in [0.4, 0.5) is 13.2 Å². The second-order valence-corrected chi connectivity index (χ2v) is 9.74. The fraction of sp³-hybridized carbons (Fsp3) is 0.500. The van der Waals surface area contributed by atoms with Crippen molar-refractivity contribution < 1.29 is 13.2 Å². The first kappa shape index (κ1) is 18.8. The Balaban J connectivity index is 2.18. The Morgan fingerprint density at radius 1 is 1.32 bits per heavy atom. The summed E-state index contributed by atoms with van der Waals surface area (Å²) in [6, 6.07) is 3.28. The van der Waals surface area contributed by atoms with Crippen LogP contribution in [0.25, 0.3) is 10.9 Å². The Kier molecular flexibility index (Phi) is 5.26. The molecule has 1 fully saturated rings. The predicted octanol–water partition coefficient (Wildman–Crippen LogP) is 6.77. The number of nitrogens with zero attached hydrogens (tertiary/aromatic N) is 2. The molecule has 1 saturated carbocycles. The minimum atomic E-state index is -2.72. The second kappa shape index (κ2) is 6.99. The maximum absolute atomic E-state index is 14.1. The van der Waals surface area contributed by atoms with Crippen LogP contribution in [0.15, 0.2) is 27.2 Å². The Labute approximate surface area is 158 Å². The van der Waals surface area contributed by atoms with E-state index < -0.39 is 12.2 Å². The molecular weight excluding hydrogens is 413 g/mol. The van der Waals surface area contributed by atoms with Crippen LogP contribution in [0.5, 0.6) is 0 Å². The van der Waals surface area contributed by atoms with Gasteiger partial charge in [0.25, 0.3) is 6.43 Å². The highest BCUT2D eigenvalue weighted by molar-refractivity contribution is 9.10. The van der Waals surface area contributed by atoms with Gasteiger partial charge in [-0.05, 0) is 80.0 Å². The molecule has 0 unspecified atom stereocenters. The molecule has 0 amide bonds. The predicted molar refractivity (Wildman–Crippen MR) is 102 cm³/mol. The summed E-state index contributed by atoms with van der Waals surface area (Å²) in [5.74, 6) is -0.461. The molecule has 1 aliphatic carbocycles. The van der Waals surface area contributed by atoms with E-state index in [0.29, 0.717) is 15.4 Å². The first-order valence-corrected chi connectivity index (χ1v) is 9.78. The fourth-order valence-corrected chi connectivity index (χ4v) is 3.69. The Hall–Kier alpha value is -0.950. The summed E-state index contributed by atoms with van der Waals surface area (Å²) in [7, 11) is 0. The van der Waals surface area contributed by atoms with Crippen LogP contribution < -0.4 is 0 Å². The molecule has 2 nitrogen and oxygen atoms in total. The van der Waals surface area contributed by atoms with E-state index in [1.165, 1.54) is 6.07 Å². The lowest BCUT2D eigenvalue weighted by Crippen LogP contribution is -2.16. The highest BCUT2D eigenvalue weighted by Crippen LogP contribution is 2.38. The minimum absolute atomic E-state index is 0.277. The standard InChI is InChI=1S/C18H20BrF3N2S/c1-18(2,3)25-23-16(17(21)22)12-9-24(10-5-4-6-10)15-8-13(19)14(20)7-11(12)15/h7-10,17H,4-6H2,1-3H3. The topological polar surface area (TPSA) is 17.3 Å². The van der Waals surface area contributed by atoms with Crippen molar-refractivity contribution in [2.24, 2.45) is 4.40 Å². The summed E-state index contributed by atoms with van der Waals surface area (Å²) in [4.78, 5) is 0. The molecule has 0 radical (unpaired) electrons. The molecule has 2 aromatic rings. The second-order valence-electron chi connectivity index (χ2n) is 7.30. The van der Waals surface area contributed by atoms with Gasteiger partial charge in [0.05, 0.1) is 9.99 Å². The third-order valence-electron chi connectivity index (χ3n) is 4.24. The Morgan fingerprint density at radius 3 is 2.52 bits per heavy atom. The van der Waals surface area contributed by atoms with Crippen molar-refractivity contribution in [3.63, 3.8) is 0 Å². The molecule has 136 valence electrons. The van der Waals surface area contributed by atoms with Gasteiger partial charge in [0, 0.05) is 27.9 Å². The van der Waals surface area contributed by atoms with Gasteiger partial charge in [-0.15, -0.1) is 0 Å². The number of halogens is 4. The van der Waals surface area contributed by atoms with E-state index in [2.05, 4.69) is 20.3 Å². The molecule has 1 aliphatic rings. The zero-order valence-electron chi connectivity index (χ0n) is 14.3. The molecule has 0 atom stereocenters. The van der Waals surface area contributed by atoms with Gasteiger partial charge < -0.3 is 4.57 Å². The first-order chi connectivity index (χ1) is 11.7. The van der Waals surface area contributed by atoms with Crippen LogP contribution in [-0.2, 0) is 0 Å². The van der Waals surface area contributed by atoms with E-state index in [0.717, 1.165) is 36.7 Å². The normalized spacial score (nSPS) is 16.7. The van der Waals surface area contributed by atoms with Crippen molar-refractivity contribution >= 4 is 44.5 Å². The van der Waals surface area contributed by atoms with Crippen molar-refractivity contribution in [1.29, 1.82) is 0 Å². The SMILES string of the molecule is CC(C)(C)SN=C(c1cn(C2CCC2)c2cc(Br)c(F)cc12)C(F)F. The van der Waals surface area contributed by atoms with Gasteiger partial charge >= 0.3 is 0 Å². The summed E-state index contributed by atoms with van der Waals surface area (Å²) in [5, 5.41) is 0.487. The van der Waals surface area contributed by atoms with E-state index in [1.54, 1.807) is 12.3 Å². The van der Waals surface area contributed by atoms with Crippen LogP contribution in [0.1, 0.15) is 51.6 Å². The van der Waals surface area contributed by atoms with Crippen LogP contribution in [0.2, 0.25) is 0 Å². The zero-order chi connectivity index (χ0) is 18.4. The van der Waals surface area contributed by atoms with E-state index >= 15 is 0 Å². The van der Waals surface area contributed by atoms with E-state index in [9.17, 15) is 13.2 Å². The average molecular weight is 433 g/mol. The number of fused-ring (bicyclic) bond motifs is 1. The minimum Gasteiger partial charge on any atom is -0.344 e. The van der Waals surface area contributed by atoms with Crippen LogP contribution in [0.3, 0.4) is 0 Å². The fourth-order valence-electron chi connectivity index (χ4n) is 2.81. The highest BCUT2D eigenvalue weighted by atomic mass is 79.9. The third-order valence-corrected chi connectivity index (χ3v) is 5.69. The summed E-state index contributed by atoms with van der Waals surface area (Å²) in [6.07, 6.45) is 2.14. The maximum Gasteiger partial charge on any atom is 0.281 e. The van der Waals surface area contributed by atoms with Gasteiger partial charge in [-0.1, -0.05) is 0 Å². The Morgan fingerprint density at radius 2 is 2.00 bits per heavy atom. The number of hydrogen-bond acceptors (Lipinski definition) is 2. The highest BCUT2D eigenvalue weighted by Gasteiger charge is 2.27. The quantitative estimate of drug-likeness (QED) is 0.384. The van der Waals surface area contributed by atoms with E-state index in [4.69, 9.17) is 0 Å². The molecule has 0 aliphatic heterocycles. The molecule has 0 bridgehead atoms.